The van der Waals surface area contributed by atoms with Crippen LogP contribution in [0.4, 0.5) is 31.1 Å². The van der Waals surface area contributed by atoms with Crippen LogP contribution < -0.4 is 5.32 Å². The average molecular weight is 524 g/mol. The Bertz CT molecular complexity index is 993. The highest BCUT2D eigenvalue weighted by Gasteiger charge is 2.37. The minimum absolute atomic E-state index is 0. The zero-order chi connectivity index (χ0) is 25.3. The highest BCUT2D eigenvalue weighted by atomic mass is 35.5. The highest BCUT2D eigenvalue weighted by Crippen LogP contribution is 2.37. The smallest absolute Gasteiger partial charge is 0.323 e. The predicted molar refractivity (Wildman–Crippen MR) is 123 cm³/mol. The van der Waals surface area contributed by atoms with Crippen LogP contribution in [0.5, 0.6) is 0 Å². The van der Waals surface area contributed by atoms with Gasteiger partial charge in [-0.25, -0.2) is 4.79 Å². The van der Waals surface area contributed by atoms with Crippen molar-refractivity contribution in [2.45, 2.75) is 44.7 Å². The maximum absolute atomic E-state index is 13.3. The standard InChI is InChI=1S/C24H27F6N3O.ClH/c1-15(2)19-6-4-5-7-20(19)21-13-31-8-9-33(21)22(34)32(3)14-16-10-17(23(25,26)27)12-18(11-16)24(28,29)30;/h4-7,10-12,15,21,31H,8-9,13-14H2,1-3H3;1H. The summed E-state index contributed by atoms with van der Waals surface area (Å²) in [5.74, 6) is 0.207. The van der Waals surface area contributed by atoms with Crippen LogP contribution in [0.1, 0.15) is 53.6 Å². The first-order valence-corrected chi connectivity index (χ1v) is 10.9. The van der Waals surface area contributed by atoms with Crippen LogP contribution >= 0.6 is 12.4 Å². The van der Waals surface area contributed by atoms with Crippen molar-refractivity contribution in [3.63, 3.8) is 0 Å². The fourth-order valence-corrected chi connectivity index (χ4v) is 4.22. The quantitative estimate of drug-likeness (QED) is 0.466. The number of urea groups is 1. The number of alkyl halides is 6. The van der Waals surface area contributed by atoms with Crippen LogP contribution in [-0.2, 0) is 18.9 Å². The summed E-state index contributed by atoms with van der Waals surface area (Å²) in [5, 5.41) is 3.26. The van der Waals surface area contributed by atoms with Gasteiger partial charge in [-0.3, -0.25) is 0 Å². The van der Waals surface area contributed by atoms with E-state index in [0.717, 1.165) is 16.0 Å². The second-order valence-corrected chi connectivity index (χ2v) is 8.75. The minimum atomic E-state index is -4.94. The Kier molecular flexibility index (Phi) is 9.10. The molecule has 11 heteroatoms. The second kappa shape index (κ2) is 11.1. The Balaban J connectivity index is 0.00000432. The molecule has 1 aliphatic rings. The zero-order valence-electron chi connectivity index (χ0n) is 19.5. The van der Waals surface area contributed by atoms with Gasteiger partial charge in [0.1, 0.15) is 0 Å². The van der Waals surface area contributed by atoms with Gasteiger partial charge in [0.2, 0.25) is 0 Å². The predicted octanol–water partition coefficient (Wildman–Crippen LogP) is 6.47. The summed E-state index contributed by atoms with van der Waals surface area (Å²) in [5.41, 5.74) is -1.00. The van der Waals surface area contributed by atoms with Crippen molar-refractivity contribution in [2.24, 2.45) is 0 Å². The van der Waals surface area contributed by atoms with Gasteiger partial charge in [0.05, 0.1) is 17.2 Å². The molecule has 3 rings (SSSR count). The molecule has 0 bridgehead atoms. The van der Waals surface area contributed by atoms with Crippen molar-refractivity contribution in [3.8, 4) is 0 Å². The molecule has 2 aromatic carbocycles. The maximum Gasteiger partial charge on any atom is 0.416 e. The van der Waals surface area contributed by atoms with Crippen LogP contribution in [0.25, 0.3) is 0 Å². The lowest BCUT2D eigenvalue weighted by molar-refractivity contribution is -0.143. The molecule has 35 heavy (non-hydrogen) atoms. The first-order chi connectivity index (χ1) is 15.8. The number of carbonyl (C=O) groups is 1. The second-order valence-electron chi connectivity index (χ2n) is 8.75. The molecule has 194 valence electrons. The van der Waals surface area contributed by atoms with Crippen LogP contribution in [0.2, 0.25) is 0 Å². The minimum Gasteiger partial charge on any atom is -0.323 e. The number of halogens is 7. The van der Waals surface area contributed by atoms with E-state index in [1.54, 1.807) is 4.90 Å². The fourth-order valence-electron chi connectivity index (χ4n) is 4.22. The first kappa shape index (κ1) is 28.8. The summed E-state index contributed by atoms with van der Waals surface area (Å²) in [6.07, 6.45) is -9.88. The molecule has 2 amide bonds. The van der Waals surface area contributed by atoms with Crippen LogP contribution in [0.15, 0.2) is 42.5 Å². The summed E-state index contributed by atoms with van der Waals surface area (Å²) < 4.78 is 79.2. The molecular weight excluding hydrogens is 496 g/mol. The number of hydrogen-bond acceptors (Lipinski definition) is 2. The van der Waals surface area contributed by atoms with Gasteiger partial charge in [-0.15, -0.1) is 12.4 Å². The fraction of sp³-hybridized carbons (Fsp3) is 0.458. The molecule has 4 nitrogen and oxygen atoms in total. The molecule has 0 spiro atoms. The number of rotatable bonds is 4. The number of piperazine rings is 1. The van der Waals surface area contributed by atoms with Gasteiger partial charge in [-0.05, 0) is 40.8 Å². The van der Waals surface area contributed by atoms with E-state index in [0.29, 0.717) is 31.8 Å². The van der Waals surface area contributed by atoms with Gasteiger partial charge in [-0.2, -0.15) is 26.3 Å². The van der Waals surface area contributed by atoms with Crippen molar-refractivity contribution in [1.29, 1.82) is 0 Å². The molecule has 1 unspecified atom stereocenters. The Labute approximate surface area is 206 Å². The molecule has 0 radical (unpaired) electrons. The van der Waals surface area contributed by atoms with E-state index < -0.39 is 36.1 Å². The summed E-state index contributed by atoms with van der Waals surface area (Å²) >= 11 is 0. The third-order valence-electron chi connectivity index (χ3n) is 5.86. The Morgan fingerprint density at radius 3 is 2.17 bits per heavy atom. The number of amides is 2. The summed E-state index contributed by atoms with van der Waals surface area (Å²) in [6, 6.07) is 8.34. The van der Waals surface area contributed by atoms with Crippen molar-refractivity contribution < 1.29 is 31.1 Å². The molecule has 0 saturated carbocycles. The molecule has 1 fully saturated rings. The summed E-state index contributed by atoms with van der Waals surface area (Å²) in [6.45, 7) is 5.07. The van der Waals surface area contributed by atoms with E-state index in [4.69, 9.17) is 0 Å². The van der Waals surface area contributed by atoms with Crippen LogP contribution in [0, 0.1) is 0 Å². The molecule has 1 aliphatic heterocycles. The average Bonchev–Trinajstić information content (AvgIpc) is 2.77. The van der Waals surface area contributed by atoms with E-state index in [9.17, 15) is 31.1 Å². The molecule has 1 saturated heterocycles. The third kappa shape index (κ3) is 6.82. The molecular formula is C24H28ClF6N3O. The monoisotopic (exact) mass is 523 g/mol. The lowest BCUT2D eigenvalue weighted by atomic mass is 9.91. The first-order valence-electron chi connectivity index (χ1n) is 10.9. The van der Waals surface area contributed by atoms with Crippen molar-refractivity contribution in [1.82, 2.24) is 15.1 Å². The van der Waals surface area contributed by atoms with E-state index in [-0.39, 0.29) is 36.0 Å². The Morgan fingerprint density at radius 2 is 1.63 bits per heavy atom. The van der Waals surface area contributed by atoms with E-state index in [1.807, 2.05) is 38.1 Å². The zero-order valence-corrected chi connectivity index (χ0v) is 20.3. The summed E-state index contributed by atoms with van der Waals surface area (Å²) in [4.78, 5) is 16.1. The van der Waals surface area contributed by atoms with Crippen molar-refractivity contribution in [2.75, 3.05) is 26.7 Å². The SMILES string of the molecule is CC(C)c1ccccc1C1CNCCN1C(=O)N(C)Cc1cc(C(F)(F)F)cc(C(F)(F)F)c1.Cl. The molecule has 1 N–H and O–H groups in total. The molecule has 0 aliphatic carbocycles. The normalized spacial score (nSPS) is 16.7. The van der Waals surface area contributed by atoms with Crippen molar-refractivity contribution in [3.05, 3.63) is 70.3 Å². The van der Waals surface area contributed by atoms with Gasteiger partial charge in [0, 0.05) is 33.2 Å². The topological polar surface area (TPSA) is 35.6 Å². The van der Waals surface area contributed by atoms with Gasteiger partial charge in [-0.1, -0.05) is 38.1 Å². The van der Waals surface area contributed by atoms with Gasteiger partial charge in [0.15, 0.2) is 0 Å². The van der Waals surface area contributed by atoms with Gasteiger partial charge >= 0.3 is 18.4 Å². The lowest BCUT2D eigenvalue weighted by Gasteiger charge is -2.39. The van der Waals surface area contributed by atoms with E-state index in [1.165, 1.54) is 7.05 Å². The van der Waals surface area contributed by atoms with Crippen LogP contribution in [0.3, 0.4) is 0 Å². The largest absolute Gasteiger partial charge is 0.416 e. The molecule has 0 aromatic heterocycles. The highest BCUT2D eigenvalue weighted by molar-refractivity contribution is 5.85. The maximum atomic E-state index is 13.3. The number of hydrogen-bond donors (Lipinski definition) is 1. The Hall–Kier alpha value is -2.46. The van der Waals surface area contributed by atoms with E-state index in [2.05, 4.69) is 5.32 Å². The molecule has 2 aromatic rings. The number of benzene rings is 2. The van der Waals surface area contributed by atoms with Crippen LogP contribution in [-0.4, -0.2) is 42.5 Å². The molecule has 1 atom stereocenters. The van der Waals surface area contributed by atoms with E-state index >= 15 is 0 Å². The number of nitrogens with one attached hydrogen (secondary N) is 1. The molecule has 1 heterocycles. The number of nitrogens with zero attached hydrogens (tertiary/aromatic N) is 2. The van der Waals surface area contributed by atoms with Gasteiger partial charge in [0.25, 0.3) is 0 Å². The van der Waals surface area contributed by atoms with Gasteiger partial charge < -0.3 is 15.1 Å². The Morgan fingerprint density at radius 1 is 1.06 bits per heavy atom. The number of carbonyl (C=O) groups excluding carboxylic acids is 1. The third-order valence-corrected chi connectivity index (χ3v) is 5.86. The summed E-state index contributed by atoms with van der Waals surface area (Å²) in [7, 11) is 1.38. The lowest BCUT2D eigenvalue weighted by Crippen LogP contribution is -2.52. The van der Waals surface area contributed by atoms with Crippen molar-refractivity contribution >= 4 is 18.4 Å².